The molecule has 0 unspecified atom stereocenters. The summed E-state index contributed by atoms with van der Waals surface area (Å²) in [6, 6.07) is 121. The number of aromatic nitrogens is 3. The highest BCUT2D eigenvalue weighted by atomic mass is 16.3. The molecule has 0 spiro atoms. The number of fused-ring (bicyclic) bond motifs is 38. The van der Waals surface area contributed by atoms with Gasteiger partial charge in [0.15, 0.2) is 11.2 Å². The van der Waals surface area contributed by atoms with Gasteiger partial charge in [0.25, 0.3) is 0 Å². The van der Waals surface area contributed by atoms with E-state index in [1.807, 2.05) is 60.7 Å². The van der Waals surface area contributed by atoms with E-state index in [0.717, 1.165) is 182 Å². The van der Waals surface area contributed by atoms with Crippen molar-refractivity contribution in [3.8, 4) is 17.1 Å². The number of furan rings is 6. The largest absolute Gasteiger partial charge is 0.456 e. The number of benzene rings is 18. The first-order chi connectivity index (χ1) is 55.1. The number of hydrogen-bond donors (Lipinski definition) is 0. The van der Waals surface area contributed by atoms with Crippen LogP contribution in [0.5, 0.6) is 0 Å². The Bertz CT molecular complexity index is 8580. The molecular weight excluding hydrogens is 1360 g/mol. The minimum absolute atomic E-state index is 0.881. The van der Waals surface area contributed by atoms with Crippen LogP contribution in [0, 0.1) is 0 Å². The highest BCUT2D eigenvalue weighted by Gasteiger charge is 2.27. The number of hydrogen-bond acceptors (Lipinski definition) is 6. The third-order valence-corrected chi connectivity index (χ3v) is 23.3. The van der Waals surface area contributed by atoms with E-state index in [0.29, 0.717) is 0 Å². The molecule has 18 aromatic carbocycles. The zero-order chi connectivity index (χ0) is 72.3. The quantitative estimate of drug-likeness (QED) is 0.175. The fourth-order valence-electron chi connectivity index (χ4n) is 18.7. The summed E-state index contributed by atoms with van der Waals surface area (Å²) in [6.07, 6.45) is 0. The third-order valence-electron chi connectivity index (χ3n) is 23.3. The molecule has 9 heterocycles. The van der Waals surface area contributed by atoms with Gasteiger partial charge in [-0.05, 0) is 124 Å². The molecule has 0 bridgehead atoms. The van der Waals surface area contributed by atoms with Crippen molar-refractivity contribution in [2.75, 3.05) is 0 Å². The summed E-state index contributed by atoms with van der Waals surface area (Å²) in [5, 5.41) is 28.2. The van der Waals surface area contributed by atoms with Crippen molar-refractivity contribution in [2.45, 2.75) is 0 Å². The Morgan fingerprint density at radius 1 is 0.153 bits per heavy atom. The van der Waals surface area contributed by atoms with Gasteiger partial charge in [0.05, 0.1) is 49.9 Å². The van der Waals surface area contributed by atoms with E-state index in [-0.39, 0.29) is 0 Å². The molecule has 0 saturated heterocycles. The first-order valence-electron chi connectivity index (χ1n) is 37.6. The molecule has 0 aliphatic heterocycles. The third kappa shape index (κ3) is 8.48. The van der Waals surface area contributed by atoms with Gasteiger partial charge in [-0.1, -0.05) is 231 Å². The normalized spacial score (nSPS) is 12.3. The average Bonchev–Trinajstić information content (AvgIpc) is 1.55. The summed E-state index contributed by atoms with van der Waals surface area (Å²) < 4.78 is 45.7. The zero-order valence-corrected chi connectivity index (χ0v) is 59.2. The van der Waals surface area contributed by atoms with Gasteiger partial charge in [0.1, 0.15) is 55.8 Å². The van der Waals surface area contributed by atoms with Gasteiger partial charge < -0.3 is 40.2 Å². The smallest absolute Gasteiger partial charge is 0.160 e. The van der Waals surface area contributed by atoms with E-state index in [1.165, 1.54) is 64.6 Å². The van der Waals surface area contributed by atoms with Crippen molar-refractivity contribution in [1.82, 2.24) is 13.7 Å². The number of para-hydroxylation sites is 8. The molecule has 0 radical (unpaired) electrons. The van der Waals surface area contributed by atoms with Crippen molar-refractivity contribution in [3.63, 3.8) is 0 Å². The molecular formula is C102H57N3O6. The first kappa shape index (κ1) is 60.1. The maximum Gasteiger partial charge on any atom is 0.160 e. The van der Waals surface area contributed by atoms with Gasteiger partial charge >= 0.3 is 0 Å². The lowest BCUT2D eigenvalue weighted by Gasteiger charge is -2.10. The van der Waals surface area contributed by atoms with Gasteiger partial charge in [0.2, 0.25) is 0 Å². The summed E-state index contributed by atoms with van der Waals surface area (Å²) in [5.74, 6) is 0. The van der Waals surface area contributed by atoms with Crippen molar-refractivity contribution in [2.24, 2.45) is 0 Å². The Morgan fingerprint density at radius 2 is 0.486 bits per heavy atom. The summed E-state index contributed by atoms with van der Waals surface area (Å²) in [7, 11) is 0. The van der Waals surface area contributed by atoms with Crippen molar-refractivity contribution >= 4 is 229 Å². The molecule has 111 heavy (non-hydrogen) atoms. The molecule has 27 aromatic rings. The van der Waals surface area contributed by atoms with E-state index >= 15 is 0 Å². The second kappa shape index (κ2) is 22.7. The van der Waals surface area contributed by atoms with Crippen LogP contribution >= 0.6 is 0 Å². The van der Waals surface area contributed by atoms with Crippen molar-refractivity contribution < 1.29 is 26.5 Å². The highest BCUT2D eigenvalue weighted by molar-refractivity contribution is 6.37. The lowest BCUT2D eigenvalue weighted by Crippen LogP contribution is -1.94. The molecule has 0 amide bonds. The maximum atomic E-state index is 6.66. The van der Waals surface area contributed by atoms with Crippen LogP contribution in [-0.4, -0.2) is 13.7 Å². The average molecular weight is 1420 g/mol. The van der Waals surface area contributed by atoms with Crippen LogP contribution in [0.4, 0.5) is 0 Å². The predicted octanol–water partition coefficient (Wildman–Crippen LogP) is 29.2. The summed E-state index contributed by atoms with van der Waals surface area (Å²) >= 11 is 0. The molecule has 0 N–H and O–H groups in total. The molecule has 9 heteroatoms. The second-order valence-corrected chi connectivity index (χ2v) is 29.1. The van der Waals surface area contributed by atoms with Gasteiger partial charge in [0, 0.05) is 121 Å². The molecule has 0 fully saturated rings. The van der Waals surface area contributed by atoms with E-state index in [1.54, 1.807) is 0 Å². The topological polar surface area (TPSA) is 93.6 Å². The van der Waals surface area contributed by atoms with Crippen LogP contribution in [0.3, 0.4) is 0 Å². The van der Waals surface area contributed by atoms with Crippen LogP contribution in [-0.2, 0) is 0 Å². The summed E-state index contributed by atoms with van der Waals surface area (Å²) in [5.41, 5.74) is 20.8. The van der Waals surface area contributed by atoms with E-state index in [2.05, 4.69) is 299 Å². The second-order valence-electron chi connectivity index (χ2n) is 29.1. The summed E-state index contributed by atoms with van der Waals surface area (Å²) in [4.78, 5) is 0. The minimum Gasteiger partial charge on any atom is -0.456 e. The van der Waals surface area contributed by atoms with Crippen LogP contribution in [0.15, 0.2) is 372 Å². The highest BCUT2D eigenvalue weighted by Crippen LogP contribution is 2.50. The Balaban J connectivity index is 0.0000000947. The number of nitrogens with zero attached hydrogens (tertiary/aromatic N) is 3. The molecule has 9 nitrogen and oxygen atoms in total. The molecule has 0 saturated carbocycles. The lowest BCUT2D eigenvalue weighted by atomic mass is 9.99. The van der Waals surface area contributed by atoms with Crippen LogP contribution in [0.1, 0.15) is 0 Å². The van der Waals surface area contributed by atoms with Crippen molar-refractivity contribution in [1.29, 1.82) is 0 Å². The predicted molar refractivity (Wildman–Crippen MR) is 459 cm³/mol. The minimum atomic E-state index is 0.881. The molecule has 0 aliphatic carbocycles. The molecule has 0 atom stereocenters. The Hall–Kier alpha value is -15.1. The monoisotopic (exact) mass is 1420 g/mol. The van der Waals surface area contributed by atoms with E-state index in [4.69, 9.17) is 26.5 Å². The van der Waals surface area contributed by atoms with E-state index in [9.17, 15) is 0 Å². The van der Waals surface area contributed by atoms with Gasteiger partial charge in [-0.15, -0.1) is 0 Å². The van der Waals surface area contributed by atoms with Crippen molar-refractivity contribution in [3.05, 3.63) is 346 Å². The molecule has 0 aliphatic rings. The van der Waals surface area contributed by atoms with Gasteiger partial charge in [-0.25, -0.2) is 0 Å². The Labute approximate surface area is 628 Å². The van der Waals surface area contributed by atoms with Crippen LogP contribution in [0.2, 0.25) is 0 Å². The first-order valence-corrected chi connectivity index (χ1v) is 37.6. The molecule has 516 valence electrons. The van der Waals surface area contributed by atoms with Crippen LogP contribution in [0.25, 0.3) is 246 Å². The molecule has 9 aromatic heterocycles. The fourth-order valence-corrected chi connectivity index (χ4v) is 18.7. The lowest BCUT2D eigenvalue weighted by molar-refractivity contribution is 0.667. The molecule has 27 rings (SSSR count). The number of rotatable bonds is 3. The van der Waals surface area contributed by atoms with Crippen LogP contribution < -0.4 is 0 Å². The van der Waals surface area contributed by atoms with Gasteiger partial charge in [-0.2, -0.15) is 0 Å². The summed E-state index contributed by atoms with van der Waals surface area (Å²) in [6.45, 7) is 0. The maximum absolute atomic E-state index is 6.66. The Kier molecular flexibility index (Phi) is 12.3. The van der Waals surface area contributed by atoms with E-state index < -0.39 is 0 Å². The standard InChI is InChI=1S/3C34H19NO2/c1-2-11-24-23(10-1)31-26-13-5-8-16-29(26)37-34(31)32-25-12-3-6-14-27(25)35(33(24)32)20-17-18-22-21-9-4-7-15-28(21)36-30(22)19-20;1-2-11-24-23(10-1)31-25-12-3-6-14-27(25)35(33(31)34-32(24)26-13-5-8-16-29(26)37-34)20-17-18-22-21-9-4-7-15-28(21)36-30(22)19-20;1-2-8-22-20(7-1)13-18-28-32(22)27-17-16-26-24-10-4-6-12-30(24)37-34(26)33(27)35(28)21-14-15-25-23-9-3-5-11-29(23)36-31(25)19-21/h3*1-19H. The fraction of sp³-hybridized carbons (Fsp3) is 0. The Morgan fingerprint density at radius 3 is 1.02 bits per heavy atom. The van der Waals surface area contributed by atoms with Gasteiger partial charge in [-0.3, -0.25) is 0 Å². The zero-order valence-electron chi connectivity index (χ0n) is 59.2. The SMILES string of the molecule is c1ccc2c(c1)ccc1c2c2ccc3c4ccccc4oc3c2n1-c1ccc2c(c1)oc1ccccc12.c1ccc2c(c1)oc1cc(-n3c4ccccc4c4c5ccccc5c5c6ccccc6oc5c43)ccc12.c1ccc2c(c1)oc1cc(-n3c4ccccc4c4c5oc6ccccc6c5c5ccccc5c43)ccc12.